The maximum Gasteiger partial charge on any atom is 0.261 e. The van der Waals surface area contributed by atoms with Gasteiger partial charge in [0, 0.05) is 6.10 Å². The minimum atomic E-state index is -2.64. The molecule has 0 aromatic heterocycles. The van der Waals surface area contributed by atoms with Gasteiger partial charge in [0.15, 0.2) is 5.79 Å². The summed E-state index contributed by atoms with van der Waals surface area (Å²) >= 11 is 0. The van der Waals surface area contributed by atoms with Crippen molar-refractivity contribution in [3.8, 4) is 5.75 Å². The van der Waals surface area contributed by atoms with Crippen LogP contribution >= 0.6 is 0 Å². The van der Waals surface area contributed by atoms with Crippen LogP contribution in [0.2, 0.25) is 5.04 Å². The third-order valence-electron chi connectivity index (χ3n) is 8.14. The van der Waals surface area contributed by atoms with Crippen molar-refractivity contribution in [2.24, 2.45) is 0 Å². The summed E-state index contributed by atoms with van der Waals surface area (Å²) in [6.45, 7) is 17.5. The van der Waals surface area contributed by atoms with Crippen LogP contribution in [-0.4, -0.2) is 45.6 Å². The second-order valence-electron chi connectivity index (χ2n) is 13.0. The molecule has 3 aromatic carbocycles. The molecule has 1 saturated heterocycles. The molecule has 1 heterocycles. The second kappa shape index (κ2) is 14.9. The van der Waals surface area contributed by atoms with Crippen LogP contribution in [0.4, 0.5) is 0 Å². The molecule has 0 N–H and O–H groups in total. The Hall–Kier alpha value is -3.00. The van der Waals surface area contributed by atoms with E-state index in [0.29, 0.717) is 13.0 Å². The Bertz CT molecular complexity index is 1290. The summed E-state index contributed by atoms with van der Waals surface area (Å²) in [5.41, 5.74) is 1.07. The lowest BCUT2D eigenvalue weighted by Gasteiger charge is -2.44. The first-order valence-electron chi connectivity index (χ1n) is 15.7. The number of hydrogen-bond acceptors (Lipinski definition) is 5. The fraction of sp³-hybridized carbons (Fsp3) is 0.421. The first-order valence-corrected chi connectivity index (χ1v) is 17.6. The van der Waals surface area contributed by atoms with Gasteiger partial charge in [0.05, 0.1) is 19.8 Å². The second-order valence-corrected chi connectivity index (χ2v) is 17.3. The van der Waals surface area contributed by atoms with Crippen molar-refractivity contribution in [2.45, 2.75) is 96.2 Å². The van der Waals surface area contributed by atoms with Crippen LogP contribution in [0, 0.1) is 0 Å². The molecule has 0 spiro atoms. The van der Waals surface area contributed by atoms with E-state index in [-0.39, 0.29) is 29.5 Å². The van der Waals surface area contributed by atoms with Gasteiger partial charge in [0.1, 0.15) is 18.0 Å². The molecule has 44 heavy (non-hydrogen) atoms. The van der Waals surface area contributed by atoms with Gasteiger partial charge in [-0.25, -0.2) is 0 Å². The molecule has 236 valence electrons. The average molecular weight is 615 g/mol. The Balaban J connectivity index is 1.51. The van der Waals surface area contributed by atoms with Crippen molar-refractivity contribution in [3.05, 3.63) is 115 Å². The zero-order valence-electron chi connectivity index (χ0n) is 27.5. The molecule has 0 aliphatic carbocycles. The molecule has 0 radical (unpaired) electrons. The molecule has 0 saturated carbocycles. The number of hydrogen-bond donors (Lipinski definition) is 0. The standard InChI is InChI=1S/C38H50O5Si/c1-9-17-34(40-28-30-24-26-31(39-8)27-25-30)36-35(41-38(6,7)42-36)23-16-18-29(2)43-44(37(3,4)5,32-19-12-10-13-20-32)33-21-14-11-15-22-33/h9-16,19-27,29,34-36H,1,17-18,28H2,2-8H3/b23-16+/t29-,34+,35+,36+/m1/s1. The predicted octanol–water partition coefficient (Wildman–Crippen LogP) is 7.59. The van der Waals surface area contributed by atoms with Crippen LogP contribution < -0.4 is 15.1 Å². The van der Waals surface area contributed by atoms with E-state index < -0.39 is 14.1 Å². The van der Waals surface area contributed by atoms with Crippen molar-refractivity contribution in [2.75, 3.05) is 7.11 Å². The molecule has 1 aliphatic rings. The highest BCUT2D eigenvalue weighted by Gasteiger charge is 2.51. The summed E-state index contributed by atoms with van der Waals surface area (Å²) < 4.78 is 31.7. The minimum absolute atomic E-state index is 0.0124. The molecule has 5 nitrogen and oxygen atoms in total. The smallest absolute Gasteiger partial charge is 0.261 e. The van der Waals surface area contributed by atoms with Gasteiger partial charge in [-0.15, -0.1) is 6.58 Å². The number of methoxy groups -OCH3 is 1. The fourth-order valence-corrected chi connectivity index (χ4v) is 10.8. The van der Waals surface area contributed by atoms with Crippen molar-refractivity contribution in [3.63, 3.8) is 0 Å². The lowest BCUT2D eigenvalue weighted by Crippen LogP contribution is -2.67. The van der Waals surface area contributed by atoms with Gasteiger partial charge in [0.2, 0.25) is 0 Å². The Kier molecular flexibility index (Phi) is 11.4. The van der Waals surface area contributed by atoms with Crippen molar-refractivity contribution in [1.29, 1.82) is 0 Å². The van der Waals surface area contributed by atoms with Crippen LogP contribution in [0.5, 0.6) is 5.75 Å². The fourth-order valence-electron chi connectivity index (χ4n) is 6.09. The van der Waals surface area contributed by atoms with Gasteiger partial charge in [-0.2, -0.15) is 0 Å². The van der Waals surface area contributed by atoms with Gasteiger partial charge in [-0.3, -0.25) is 0 Å². The van der Waals surface area contributed by atoms with E-state index in [2.05, 4.69) is 107 Å². The van der Waals surface area contributed by atoms with Gasteiger partial charge < -0.3 is 23.4 Å². The summed E-state index contributed by atoms with van der Waals surface area (Å²) in [6, 6.07) is 29.5. The van der Waals surface area contributed by atoms with Gasteiger partial charge in [0.25, 0.3) is 8.32 Å². The maximum atomic E-state index is 7.27. The molecule has 0 unspecified atom stereocenters. The molecule has 4 rings (SSSR count). The quantitative estimate of drug-likeness (QED) is 0.138. The molecule has 6 heteroatoms. The zero-order valence-corrected chi connectivity index (χ0v) is 28.5. The summed E-state index contributed by atoms with van der Waals surface area (Å²) in [7, 11) is -0.969. The largest absolute Gasteiger partial charge is 0.497 e. The summed E-state index contributed by atoms with van der Waals surface area (Å²) in [6.07, 6.45) is 6.83. The molecule has 0 bridgehead atoms. The molecular formula is C38H50O5Si. The van der Waals surface area contributed by atoms with Crippen LogP contribution in [0.3, 0.4) is 0 Å². The highest BCUT2D eigenvalue weighted by atomic mass is 28.4. The Morgan fingerprint density at radius 1 is 0.886 bits per heavy atom. The van der Waals surface area contributed by atoms with E-state index in [0.717, 1.165) is 17.7 Å². The van der Waals surface area contributed by atoms with E-state index in [1.807, 2.05) is 44.2 Å². The van der Waals surface area contributed by atoms with Crippen molar-refractivity contribution >= 4 is 18.7 Å². The van der Waals surface area contributed by atoms with Gasteiger partial charge in [-0.05, 0) is 66.7 Å². The normalized spacial score (nSPS) is 20.0. The Morgan fingerprint density at radius 3 is 2.00 bits per heavy atom. The molecule has 0 amide bonds. The monoisotopic (exact) mass is 614 g/mol. The molecule has 3 aromatic rings. The molecule has 1 fully saturated rings. The van der Waals surface area contributed by atoms with E-state index in [1.165, 1.54) is 10.4 Å². The van der Waals surface area contributed by atoms with Gasteiger partial charge >= 0.3 is 0 Å². The lowest BCUT2D eigenvalue weighted by atomic mass is 10.0. The Morgan fingerprint density at radius 2 is 1.48 bits per heavy atom. The van der Waals surface area contributed by atoms with Crippen molar-refractivity contribution in [1.82, 2.24) is 0 Å². The van der Waals surface area contributed by atoms with E-state index >= 15 is 0 Å². The Labute approximate surface area is 266 Å². The third kappa shape index (κ3) is 8.17. The van der Waals surface area contributed by atoms with E-state index in [4.69, 9.17) is 23.4 Å². The molecular weight excluding hydrogens is 564 g/mol. The average Bonchev–Trinajstić information content (AvgIpc) is 3.32. The van der Waals surface area contributed by atoms with Crippen LogP contribution in [0.1, 0.15) is 59.9 Å². The molecule has 4 atom stereocenters. The topological polar surface area (TPSA) is 46.2 Å². The highest BCUT2D eigenvalue weighted by Crippen LogP contribution is 2.38. The van der Waals surface area contributed by atoms with Crippen molar-refractivity contribution < 1.29 is 23.4 Å². The third-order valence-corrected chi connectivity index (χ3v) is 13.3. The van der Waals surface area contributed by atoms with E-state index in [1.54, 1.807) is 7.11 Å². The van der Waals surface area contributed by atoms with Crippen LogP contribution in [0.25, 0.3) is 0 Å². The summed E-state index contributed by atoms with van der Waals surface area (Å²) in [5.74, 6) is 0.101. The molecule has 1 aliphatic heterocycles. The van der Waals surface area contributed by atoms with Gasteiger partial charge in [-0.1, -0.05) is 112 Å². The summed E-state index contributed by atoms with van der Waals surface area (Å²) in [5, 5.41) is 2.49. The SMILES string of the molecule is C=CC[C@H](OCc1ccc(OC)cc1)[C@@H]1OC(C)(C)O[C@H]1/C=C/C[C@@H](C)O[Si](c1ccccc1)(c1ccccc1)C(C)(C)C. The predicted molar refractivity (Wildman–Crippen MR) is 182 cm³/mol. The maximum absolute atomic E-state index is 7.27. The zero-order chi connectivity index (χ0) is 31.8. The minimum Gasteiger partial charge on any atom is -0.497 e. The number of ether oxygens (including phenoxy) is 4. The summed E-state index contributed by atoms with van der Waals surface area (Å²) in [4.78, 5) is 0. The number of rotatable bonds is 14. The van der Waals surface area contributed by atoms with Crippen LogP contribution in [0.15, 0.2) is 110 Å². The first-order chi connectivity index (χ1) is 21.0. The van der Waals surface area contributed by atoms with E-state index in [9.17, 15) is 0 Å². The lowest BCUT2D eigenvalue weighted by molar-refractivity contribution is -0.159. The number of benzene rings is 3. The highest BCUT2D eigenvalue weighted by molar-refractivity contribution is 6.99. The first kappa shape index (κ1) is 33.9. The van der Waals surface area contributed by atoms with Crippen LogP contribution in [-0.2, 0) is 25.2 Å².